The fourth-order valence-corrected chi connectivity index (χ4v) is 2.83. The molecule has 1 fully saturated rings. The molecule has 1 unspecified atom stereocenters. The van der Waals surface area contributed by atoms with Crippen LogP contribution in [0.5, 0.6) is 0 Å². The third-order valence-electron chi connectivity index (χ3n) is 3.76. The molecule has 114 valence electrons. The smallest absolute Gasteiger partial charge is 0.337 e. The molecule has 1 aromatic carbocycles. The minimum Gasteiger partial charge on any atom is -0.478 e. The number of halogens is 1. The van der Waals surface area contributed by atoms with Crippen molar-refractivity contribution < 1.29 is 14.7 Å². The normalized spacial score (nSPS) is 19.0. The zero-order valence-electron chi connectivity index (χ0n) is 11.9. The fourth-order valence-electron chi connectivity index (χ4n) is 2.47. The van der Waals surface area contributed by atoms with Crippen molar-refractivity contribution in [1.29, 1.82) is 0 Å². The summed E-state index contributed by atoms with van der Waals surface area (Å²) in [5.41, 5.74) is 0.411. The van der Waals surface area contributed by atoms with Crippen molar-refractivity contribution in [2.75, 3.05) is 18.4 Å². The number of likely N-dealkylation sites (tertiary alicyclic amines) is 1. The highest BCUT2D eigenvalue weighted by atomic mass is 79.9. The quantitative estimate of drug-likeness (QED) is 0.848. The molecule has 0 spiro atoms. The summed E-state index contributed by atoms with van der Waals surface area (Å²) < 4.78 is 0.729. The first-order valence-corrected chi connectivity index (χ1v) is 7.85. The van der Waals surface area contributed by atoms with E-state index in [9.17, 15) is 14.7 Å². The van der Waals surface area contributed by atoms with E-state index in [-0.39, 0.29) is 11.6 Å². The van der Waals surface area contributed by atoms with Gasteiger partial charge in [-0.3, -0.25) is 0 Å². The maximum absolute atomic E-state index is 12.3. The summed E-state index contributed by atoms with van der Waals surface area (Å²) in [5.74, 6) is -0.425. The van der Waals surface area contributed by atoms with Crippen molar-refractivity contribution in [3.05, 3.63) is 28.2 Å². The van der Waals surface area contributed by atoms with Crippen LogP contribution in [0.25, 0.3) is 0 Å². The lowest BCUT2D eigenvalue weighted by atomic mass is 10.0. The highest BCUT2D eigenvalue weighted by Crippen LogP contribution is 2.23. The second-order valence-corrected chi connectivity index (χ2v) is 6.36. The molecule has 0 aliphatic carbocycles. The Morgan fingerprint density at radius 3 is 2.81 bits per heavy atom. The van der Waals surface area contributed by atoms with Gasteiger partial charge in [-0.15, -0.1) is 0 Å². The number of carboxylic acids is 1. The predicted octanol–water partition coefficient (Wildman–Crippen LogP) is 3.80. The number of nitrogens with zero attached hydrogens (tertiary/aromatic N) is 1. The van der Waals surface area contributed by atoms with Crippen LogP contribution in [0.2, 0.25) is 0 Å². The van der Waals surface area contributed by atoms with Crippen LogP contribution in [0.1, 0.15) is 36.5 Å². The van der Waals surface area contributed by atoms with Gasteiger partial charge in [0.25, 0.3) is 0 Å². The van der Waals surface area contributed by atoms with E-state index < -0.39 is 5.97 Å². The van der Waals surface area contributed by atoms with Gasteiger partial charge in [0.05, 0.1) is 11.3 Å². The van der Waals surface area contributed by atoms with Gasteiger partial charge >= 0.3 is 12.0 Å². The molecule has 21 heavy (non-hydrogen) atoms. The number of benzene rings is 1. The van der Waals surface area contributed by atoms with Crippen LogP contribution in [-0.2, 0) is 0 Å². The predicted molar refractivity (Wildman–Crippen MR) is 84.7 cm³/mol. The fraction of sp³-hybridized carbons (Fsp3) is 0.467. The summed E-state index contributed by atoms with van der Waals surface area (Å²) in [7, 11) is 0. The van der Waals surface area contributed by atoms with E-state index in [1.54, 1.807) is 17.0 Å². The summed E-state index contributed by atoms with van der Waals surface area (Å²) in [6.45, 7) is 3.62. The Morgan fingerprint density at radius 2 is 2.10 bits per heavy atom. The molecule has 0 radical (unpaired) electrons. The van der Waals surface area contributed by atoms with E-state index in [0.29, 0.717) is 24.7 Å². The molecule has 1 heterocycles. The van der Waals surface area contributed by atoms with Crippen molar-refractivity contribution in [1.82, 2.24) is 4.90 Å². The molecule has 5 nitrogen and oxygen atoms in total. The Balaban J connectivity index is 2.12. The highest BCUT2D eigenvalue weighted by Gasteiger charge is 2.20. The first-order valence-electron chi connectivity index (χ1n) is 7.06. The van der Waals surface area contributed by atoms with Crippen LogP contribution in [-0.4, -0.2) is 35.1 Å². The molecule has 1 aliphatic heterocycles. The van der Waals surface area contributed by atoms with Crippen LogP contribution < -0.4 is 5.32 Å². The average Bonchev–Trinajstić information content (AvgIpc) is 2.63. The maximum Gasteiger partial charge on any atom is 0.337 e. The zero-order chi connectivity index (χ0) is 15.4. The van der Waals surface area contributed by atoms with Crippen LogP contribution in [0.3, 0.4) is 0 Å². The number of rotatable bonds is 2. The van der Waals surface area contributed by atoms with Crippen LogP contribution in [0, 0.1) is 5.92 Å². The molecule has 1 saturated heterocycles. The lowest BCUT2D eigenvalue weighted by Crippen LogP contribution is -2.36. The number of nitrogens with one attached hydrogen (secondary N) is 1. The summed E-state index contributed by atoms with van der Waals surface area (Å²) in [4.78, 5) is 25.3. The summed E-state index contributed by atoms with van der Waals surface area (Å²) in [5, 5.41) is 11.9. The molecule has 1 aliphatic rings. The first kappa shape index (κ1) is 15.8. The third kappa shape index (κ3) is 4.20. The Labute approximate surface area is 132 Å². The number of carbonyl (C=O) groups is 2. The molecule has 6 heteroatoms. The summed E-state index contributed by atoms with van der Waals surface area (Å²) in [6.07, 6.45) is 3.09. The standard InChI is InChI=1S/C15H19BrN2O3/c1-10-3-2-7-18(8-6-10)15(21)17-13-9-11(16)4-5-12(13)14(19)20/h4-5,9-10H,2-3,6-8H2,1H3,(H,17,21)(H,19,20). The Bertz CT molecular complexity index is 548. The van der Waals surface area contributed by atoms with Gasteiger partial charge < -0.3 is 15.3 Å². The molecule has 1 aromatic rings. The van der Waals surface area contributed by atoms with Gasteiger partial charge in [0, 0.05) is 17.6 Å². The largest absolute Gasteiger partial charge is 0.478 e. The zero-order valence-corrected chi connectivity index (χ0v) is 13.5. The van der Waals surface area contributed by atoms with Crippen molar-refractivity contribution >= 4 is 33.6 Å². The van der Waals surface area contributed by atoms with Crippen molar-refractivity contribution in [2.45, 2.75) is 26.2 Å². The molecular formula is C15H19BrN2O3. The number of hydrogen-bond acceptors (Lipinski definition) is 2. The molecule has 1 atom stereocenters. The average molecular weight is 355 g/mol. The van der Waals surface area contributed by atoms with Gasteiger partial charge in [0.15, 0.2) is 0 Å². The van der Waals surface area contributed by atoms with E-state index in [2.05, 4.69) is 28.2 Å². The second-order valence-electron chi connectivity index (χ2n) is 5.45. The topological polar surface area (TPSA) is 69.6 Å². The second kappa shape index (κ2) is 6.93. The Morgan fingerprint density at radius 1 is 1.33 bits per heavy atom. The highest BCUT2D eigenvalue weighted by molar-refractivity contribution is 9.10. The number of carbonyl (C=O) groups excluding carboxylic acids is 1. The number of aromatic carboxylic acids is 1. The van der Waals surface area contributed by atoms with E-state index in [1.165, 1.54) is 6.07 Å². The minimum atomic E-state index is -1.05. The SMILES string of the molecule is CC1CCCN(C(=O)Nc2cc(Br)ccc2C(=O)O)CC1. The van der Waals surface area contributed by atoms with Gasteiger partial charge in [0.1, 0.15) is 0 Å². The first-order chi connectivity index (χ1) is 9.97. The number of hydrogen-bond donors (Lipinski definition) is 2. The van der Waals surface area contributed by atoms with Crippen LogP contribution >= 0.6 is 15.9 Å². The molecule has 0 saturated carbocycles. The molecule has 0 aromatic heterocycles. The minimum absolute atomic E-state index is 0.0924. The molecule has 2 N–H and O–H groups in total. The number of amides is 2. The maximum atomic E-state index is 12.3. The summed E-state index contributed by atoms with van der Waals surface area (Å²) in [6, 6.07) is 4.51. The number of carboxylic acid groups (broad SMARTS) is 1. The van der Waals surface area contributed by atoms with Gasteiger partial charge in [-0.1, -0.05) is 22.9 Å². The van der Waals surface area contributed by atoms with Gasteiger partial charge in [0.2, 0.25) is 0 Å². The van der Waals surface area contributed by atoms with E-state index in [4.69, 9.17) is 0 Å². The van der Waals surface area contributed by atoms with Crippen LogP contribution in [0.4, 0.5) is 10.5 Å². The molecule has 2 rings (SSSR count). The van der Waals surface area contributed by atoms with E-state index >= 15 is 0 Å². The van der Waals surface area contributed by atoms with Crippen LogP contribution in [0.15, 0.2) is 22.7 Å². The van der Waals surface area contributed by atoms with Gasteiger partial charge in [-0.2, -0.15) is 0 Å². The monoisotopic (exact) mass is 354 g/mol. The lowest BCUT2D eigenvalue weighted by molar-refractivity contribution is 0.0698. The van der Waals surface area contributed by atoms with E-state index in [1.807, 2.05) is 0 Å². The van der Waals surface area contributed by atoms with Gasteiger partial charge in [-0.05, 0) is 43.4 Å². The van der Waals surface area contributed by atoms with Crippen molar-refractivity contribution in [3.63, 3.8) is 0 Å². The van der Waals surface area contributed by atoms with E-state index in [0.717, 1.165) is 23.7 Å². The number of urea groups is 1. The Kier molecular flexibility index (Phi) is 5.22. The number of anilines is 1. The van der Waals surface area contributed by atoms with Crippen molar-refractivity contribution in [2.24, 2.45) is 5.92 Å². The van der Waals surface area contributed by atoms with Gasteiger partial charge in [-0.25, -0.2) is 9.59 Å². The molecule has 0 bridgehead atoms. The third-order valence-corrected chi connectivity index (χ3v) is 4.25. The summed E-state index contributed by atoms with van der Waals surface area (Å²) >= 11 is 3.29. The Hall–Kier alpha value is -1.56. The molecular weight excluding hydrogens is 336 g/mol. The molecule has 2 amide bonds. The lowest BCUT2D eigenvalue weighted by Gasteiger charge is -2.21. The van der Waals surface area contributed by atoms with Crippen molar-refractivity contribution in [3.8, 4) is 0 Å².